The fourth-order valence-corrected chi connectivity index (χ4v) is 5.52. The number of nitrogens with zero attached hydrogens (tertiary/aromatic N) is 3. The Morgan fingerprint density at radius 3 is 1.81 bits per heavy atom. The van der Waals surface area contributed by atoms with Gasteiger partial charge in [0.15, 0.2) is 0 Å². The topological polar surface area (TPSA) is 30.2 Å². The second kappa shape index (κ2) is 6.33. The van der Waals surface area contributed by atoms with E-state index >= 15 is 0 Å². The van der Waals surface area contributed by atoms with E-state index in [-0.39, 0.29) is 11.7 Å². The van der Waals surface area contributed by atoms with Crippen molar-refractivity contribution in [1.29, 1.82) is 0 Å². The summed E-state index contributed by atoms with van der Waals surface area (Å²) in [4.78, 5) is 16.0. The van der Waals surface area contributed by atoms with E-state index in [0.717, 1.165) is 38.6 Å². The number of rotatable bonds is 2. The number of carbonyl (C=O) groups excluding carboxylic acids is 1. The van der Waals surface area contributed by atoms with Crippen LogP contribution in [0.4, 0.5) is 10.1 Å². The lowest BCUT2D eigenvalue weighted by Gasteiger charge is -2.28. The average molecular weight is 423 g/mol. The molecule has 0 saturated carbocycles. The third kappa shape index (κ3) is 2.18. The summed E-state index contributed by atoms with van der Waals surface area (Å²) in [7, 11) is 5.74. The summed E-state index contributed by atoms with van der Waals surface area (Å²) < 4.78 is 18.8. The highest BCUT2D eigenvalue weighted by Crippen LogP contribution is 2.53. The van der Waals surface area contributed by atoms with Gasteiger partial charge in [-0.3, -0.25) is 4.79 Å². The van der Waals surface area contributed by atoms with E-state index in [0.29, 0.717) is 5.56 Å². The highest BCUT2D eigenvalue weighted by molar-refractivity contribution is 6.16. The van der Waals surface area contributed by atoms with Crippen molar-refractivity contribution in [2.45, 2.75) is 5.41 Å². The number of aromatic nitrogens is 2. The molecule has 0 aliphatic carbocycles. The van der Waals surface area contributed by atoms with Crippen LogP contribution in [0.15, 0.2) is 79.1 Å². The minimum Gasteiger partial charge on any atom is -0.350 e. The molecule has 0 saturated heterocycles. The smallest absolute Gasteiger partial charge is 0.246 e. The molecule has 5 aromatic rings. The molecule has 0 unspecified atom stereocenters. The van der Waals surface area contributed by atoms with Crippen molar-refractivity contribution in [2.24, 2.45) is 14.1 Å². The molecule has 158 valence electrons. The van der Waals surface area contributed by atoms with Gasteiger partial charge in [-0.15, -0.1) is 0 Å². The van der Waals surface area contributed by atoms with Gasteiger partial charge in [0.2, 0.25) is 5.91 Å². The first-order valence-electron chi connectivity index (χ1n) is 10.6. The standard InChI is InChI=1S/C27H22FN3O/c1-29-15-21(18-8-4-6-10-23(18)29)27(22-16-30(2)24-11-7-5-9-19(22)24)20-14-17(28)12-13-25(20)31(3)26(27)32/h4-16H,1-3H3. The number of benzene rings is 3. The van der Waals surface area contributed by atoms with Gasteiger partial charge in [-0.1, -0.05) is 36.4 Å². The monoisotopic (exact) mass is 423 g/mol. The molecule has 1 amide bonds. The second-order valence-electron chi connectivity index (χ2n) is 8.62. The number of para-hydroxylation sites is 2. The van der Waals surface area contributed by atoms with Gasteiger partial charge in [0.05, 0.1) is 0 Å². The van der Waals surface area contributed by atoms with Crippen LogP contribution in [-0.4, -0.2) is 22.1 Å². The highest BCUT2D eigenvalue weighted by atomic mass is 19.1. The molecule has 0 spiro atoms. The number of fused-ring (bicyclic) bond motifs is 3. The fourth-order valence-electron chi connectivity index (χ4n) is 5.52. The second-order valence-corrected chi connectivity index (χ2v) is 8.62. The normalized spacial score (nSPS) is 15.1. The van der Waals surface area contributed by atoms with E-state index in [9.17, 15) is 9.18 Å². The summed E-state index contributed by atoms with van der Waals surface area (Å²) >= 11 is 0. The van der Waals surface area contributed by atoms with Crippen molar-refractivity contribution in [2.75, 3.05) is 11.9 Å². The summed E-state index contributed by atoms with van der Waals surface area (Å²) in [6.07, 6.45) is 4.05. The van der Waals surface area contributed by atoms with E-state index in [4.69, 9.17) is 0 Å². The van der Waals surface area contributed by atoms with Gasteiger partial charge in [-0.2, -0.15) is 0 Å². The Balaban J connectivity index is 1.85. The van der Waals surface area contributed by atoms with Crippen LogP contribution in [0.2, 0.25) is 0 Å². The van der Waals surface area contributed by atoms with Crippen molar-refractivity contribution < 1.29 is 9.18 Å². The summed E-state index contributed by atoms with van der Waals surface area (Å²) in [5, 5.41) is 1.98. The number of hydrogen-bond acceptors (Lipinski definition) is 1. The fraction of sp³-hybridized carbons (Fsp3) is 0.148. The van der Waals surface area contributed by atoms with Gasteiger partial charge in [0, 0.05) is 77.7 Å². The maximum atomic E-state index is 14.7. The predicted octanol–water partition coefficient (Wildman–Crippen LogP) is 5.12. The molecule has 1 aliphatic rings. The SMILES string of the molecule is CN1C(=O)C(c2cn(C)c3ccccc23)(c2cn(C)c3ccccc23)c2cc(F)ccc21. The number of anilines is 1. The van der Waals surface area contributed by atoms with Crippen LogP contribution in [0.1, 0.15) is 16.7 Å². The number of halogens is 1. The Hall–Kier alpha value is -3.86. The molecule has 32 heavy (non-hydrogen) atoms. The summed E-state index contributed by atoms with van der Waals surface area (Å²) in [5.74, 6) is -0.428. The number of hydrogen-bond donors (Lipinski definition) is 0. The van der Waals surface area contributed by atoms with Crippen LogP contribution in [0.25, 0.3) is 21.8 Å². The van der Waals surface area contributed by atoms with Crippen molar-refractivity contribution >= 4 is 33.4 Å². The minimum atomic E-state index is -1.16. The van der Waals surface area contributed by atoms with E-state index in [1.807, 2.05) is 84.2 Å². The van der Waals surface area contributed by atoms with Crippen molar-refractivity contribution in [3.63, 3.8) is 0 Å². The third-order valence-electron chi connectivity index (χ3n) is 6.95. The zero-order valence-corrected chi connectivity index (χ0v) is 18.1. The van der Waals surface area contributed by atoms with Gasteiger partial charge in [-0.25, -0.2) is 4.39 Å². The molecule has 0 atom stereocenters. The Morgan fingerprint density at radius 1 is 0.719 bits per heavy atom. The van der Waals surface area contributed by atoms with Crippen LogP contribution in [0, 0.1) is 5.82 Å². The zero-order chi connectivity index (χ0) is 22.2. The van der Waals surface area contributed by atoms with Crippen LogP contribution in [0.5, 0.6) is 0 Å². The van der Waals surface area contributed by atoms with Crippen LogP contribution in [0.3, 0.4) is 0 Å². The first-order valence-corrected chi connectivity index (χ1v) is 10.6. The molecular weight excluding hydrogens is 401 g/mol. The Kier molecular flexibility index (Phi) is 3.73. The molecule has 5 heteroatoms. The Bertz CT molecular complexity index is 1480. The van der Waals surface area contributed by atoms with E-state index < -0.39 is 5.41 Å². The molecule has 4 nitrogen and oxygen atoms in total. The summed E-state index contributed by atoms with van der Waals surface area (Å²) in [5.41, 5.74) is 4.05. The molecule has 1 aliphatic heterocycles. The lowest BCUT2D eigenvalue weighted by molar-refractivity contribution is -0.120. The van der Waals surface area contributed by atoms with Gasteiger partial charge in [-0.05, 0) is 30.3 Å². The van der Waals surface area contributed by atoms with Gasteiger partial charge in [0.1, 0.15) is 11.2 Å². The quantitative estimate of drug-likeness (QED) is 0.388. The van der Waals surface area contributed by atoms with Gasteiger partial charge >= 0.3 is 0 Å². The minimum absolute atomic E-state index is 0.0780. The maximum Gasteiger partial charge on any atom is 0.246 e. The molecule has 0 radical (unpaired) electrons. The molecular formula is C27H22FN3O. The molecule has 3 aromatic carbocycles. The van der Waals surface area contributed by atoms with Gasteiger partial charge < -0.3 is 14.0 Å². The third-order valence-corrected chi connectivity index (χ3v) is 6.95. The summed E-state index contributed by atoms with van der Waals surface area (Å²) in [6.45, 7) is 0. The average Bonchev–Trinajstić information content (AvgIpc) is 3.39. The predicted molar refractivity (Wildman–Crippen MR) is 126 cm³/mol. The zero-order valence-electron chi connectivity index (χ0n) is 18.1. The first kappa shape index (κ1) is 18.9. The Labute approximate surface area is 185 Å². The van der Waals surface area contributed by atoms with Crippen LogP contribution < -0.4 is 4.90 Å². The van der Waals surface area contributed by atoms with Crippen LogP contribution in [-0.2, 0) is 24.3 Å². The largest absolute Gasteiger partial charge is 0.350 e. The van der Waals surface area contributed by atoms with E-state index in [1.54, 1.807) is 18.0 Å². The highest BCUT2D eigenvalue weighted by Gasteiger charge is 2.55. The van der Waals surface area contributed by atoms with E-state index in [2.05, 4.69) is 0 Å². The van der Waals surface area contributed by atoms with Crippen molar-refractivity contribution in [3.05, 3.63) is 102 Å². The number of amides is 1. The first-order chi connectivity index (χ1) is 15.4. The van der Waals surface area contributed by atoms with Crippen molar-refractivity contribution in [1.82, 2.24) is 9.13 Å². The Morgan fingerprint density at radius 2 is 1.25 bits per heavy atom. The van der Waals surface area contributed by atoms with Crippen molar-refractivity contribution in [3.8, 4) is 0 Å². The van der Waals surface area contributed by atoms with E-state index in [1.165, 1.54) is 12.1 Å². The maximum absolute atomic E-state index is 14.7. The number of carbonyl (C=O) groups is 1. The van der Waals surface area contributed by atoms with Gasteiger partial charge in [0.25, 0.3) is 0 Å². The lowest BCUT2D eigenvalue weighted by atomic mass is 9.70. The lowest BCUT2D eigenvalue weighted by Crippen LogP contribution is -2.40. The molecule has 6 rings (SSSR count). The molecule has 3 heterocycles. The van der Waals surface area contributed by atoms with Crippen LogP contribution >= 0.6 is 0 Å². The number of likely N-dealkylation sites (N-methyl/N-ethyl adjacent to an activating group) is 1. The molecule has 0 N–H and O–H groups in total. The summed E-state index contributed by atoms with van der Waals surface area (Å²) in [6, 6.07) is 20.8. The number of aryl methyl sites for hydroxylation is 2. The molecule has 0 bridgehead atoms. The molecule has 0 fully saturated rings. The molecule has 2 aromatic heterocycles.